The number of hydrogen-bond acceptors (Lipinski definition) is 5. The highest BCUT2D eigenvalue weighted by atomic mass is 32.2. The molecule has 0 amide bonds. The van der Waals surface area contributed by atoms with Crippen molar-refractivity contribution < 1.29 is 8.42 Å². The Bertz CT molecular complexity index is 693. The van der Waals surface area contributed by atoms with Gasteiger partial charge in [-0.25, -0.2) is 13.4 Å². The Hall–Kier alpha value is -2.09. The first-order valence-corrected chi connectivity index (χ1v) is 6.98. The fraction of sp³-hybridized carbons (Fsp3) is 0.273. The minimum absolute atomic E-state index is 0.0113. The molecule has 0 radical (unpaired) electrons. The zero-order chi connectivity index (χ0) is 14.2. The summed E-state index contributed by atoms with van der Waals surface area (Å²) in [5.41, 5.74) is 6.17. The van der Waals surface area contributed by atoms with Gasteiger partial charge in [0.25, 0.3) is 10.0 Å². The molecule has 0 unspecified atom stereocenters. The van der Waals surface area contributed by atoms with E-state index < -0.39 is 10.0 Å². The van der Waals surface area contributed by atoms with Crippen LogP contribution in [0.15, 0.2) is 29.3 Å². The third-order valence-electron chi connectivity index (χ3n) is 2.89. The van der Waals surface area contributed by atoms with Crippen LogP contribution in [0.3, 0.4) is 0 Å². The van der Waals surface area contributed by atoms with E-state index in [0.717, 1.165) is 4.31 Å². The van der Waals surface area contributed by atoms with Crippen LogP contribution in [-0.2, 0) is 17.1 Å². The van der Waals surface area contributed by atoms with Crippen LogP contribution >= 0.6 is 0 Å². The fourth-order valence-electron chi connectivity index (χ4n) is 1.73. The van der Waals surface area contributed by atoms with Crippen LogP contribution in [0.1, 0.15) is 5.69 Å². The third-order valence-corrected chi connectivity index (χ3v) is 4.82. The van der Waals surface area contributed by atoms with E-state index in [0.29, 0.717) is 11.5 Å². The van der Waals surface area contributed by atoms with Crippen molar-refractivity contribution in [3.63, 3.8) is 0 Å². The standard InChI is InChI=1S/C11H15N5O2S/c1-8-10(11(12)14-15(8)2)19(17,18)16(3)9-6-4-5-7-13-9/h4-7H,1-3H3,(H2,12,14). The molecule has 2 N–H and O–H groups in total. The van der Waals surface area contributed by atoms with Crippen LogP contribution in [0, 0.1) is 6.92 Å². The van der Waals surface area contributed by atoms with Crippen molar-refractivity contribution in [1.29, 1.82) is 0 Å². The molecule has 8 heteroatoms. The minimum atomic E-state index is -3.77. The van der Waals surface area contributed by atoms with Gasteiger partial charge in [0, 0.05) is 20.3 Å². The lowest BCUT2D eigenvalue weighted by molar-refractivity contribution is 0.593. The zero-order valence-corrected chi connectivity index (χ0v) is 11.7. The van der Waals surface area contributed by atoms with Crippen LogP contribution in [0.4, 0.5) is 11.6 Å². The molecule has 0 saturated heterocycles. The molecule has 0 aliphatic heterocycles. The molecular formula is C11H15N5O2S. The summed E-state index contributed by atoms with van der Waals surface area (Å²) in [5.74, 6) is 0.313. The highest BCUT2D eigenvalue weighted by Gasteiger charge is 2.29. The van der Waals surface area contributed by atoms with E-state index in [1.807, 2.05) is 0 Å². The van der Waals surface area contributed by atoms with Crippen molar-refractivity contribution in [2.45, 2.75) is 11.8 Å². The van der Waals surface area contributed by atoms with Crippen LogP contribution in [0.5, 0.6) is 0 Å². The molecule has 0 atom stereocenters. The van der Waals surface area contributed by atoms with Crippen LogP contribution in [0.2, 0.25) is 0 Å². The van der Waals surface area contributed by atoms with Crippen molar-refractivity contribution in [2.24, 2.45) is 7.05 Å². The van der Waals surface area contributed by atoms with Crippen LogP contribution < -0.4 is 10.0 Å². The van der Waals surface area contributed by atoms with Gasteiger partial charge in [-0.05, 0) is 19.1 Å². The molecule has 0 fully saturated rings. The average Bonchev–Trinajstić information content (AvgIpc) is 2.63. The Labute approximate surface area is 111 Å². The van der Waals surface area contributed by atoms with Crippen molar-refractivity contribution >= 4 is 21.7 Å². The summed E-state index contributed by atoms with van der Waals surface area (Å²) in [5, 5.41) is 3.92. The molecule has 0 aromatic carbocycles. The SMILES string of the molecule is Cc1c(S(=O)(=O)N(C)c2ccccn2)c(N)nn1C. The van der Waals surface area contributed by atoms with E-state index in [-0.39, 0.29) is 10.7 Å². The van der Waals surface area contributed by atoms with Gasteiger partial charge in [0.05, 0.1) is 5.69 Å². The molecule has 0 spiro atoms. The molecule has 2 heterocycles. The Morgan fingerprint density at radius 2 is 2.05 bits per heavy atom. The molecule has 7 nitrogen and oxygen atoms in total. The number of anilines is 2. The molecule has 102 valence electrons. The number of sulfonamides is 1. The van der Waals surface area contributed by atoms with Crippen LogP contribution in [0.25, 0.3) is 0 Å². The Balaban J connectivity index is 2.55. The number of aryl methyl sites for hydroxylation is 1. The second-order valence-corrected chi connectivity index (χ2v) is 5.99. The normalized spacial score (nSPS) is 11.5. The number of rotatable bonds is 3. The van der Waals surface area contributed by atoms with Gasteiger partial charge in [0.2, 0.25) is 0 Å². The third kappa shape index (κ3) is 2.14. The van der Waals surface area contributed by atoms with Gasteiger partial charge in [0.1, 0.15) is 5.82 Å². The van der Waals surface area contributed by atoms with Gasteiger partial charge < -0.3 is 5.73 Å². The van der Waals surface area contributed by atoms with E-state index in [2.05, 4.69) is 10.1 Å². The smallest absolute Gasteiger partial charge is 0.270 e. The van der Waals surface area contributed by atoms with E-state index in [1.54, 1.807) is 32.2 Å². The summed E-state index contributed by atoms with van der Waals surface area (Å²) < 4.78 is 27.6. The van der Waals surface area contributed by atoms with Gasteiger partial charge in [-0.2, -0.15) is 5.10 Å². The summed E-state index contributed by atoms with van der Waals surface area (Å²) in [6.07, 6.45) is 1.53. The first kappa shape index (κ1) is 13.3. The fourth-order valence-corrected chi connectivity index (χ4v) is 3.17. The summed E-state index contributed by atoms with van der Waals surface area (Å²) in [6, 6.07) is 5.04. The number of nitrogen functional groups attached to an aromatic ring is 1. The second-order valence-electron chi connectivity index (χ2n) is 4.08. The maximum absolute atomic E-state index is 12.5. The van der Waals surface area contributed by atoms with E-state index in [1.165, 1.54) is 17.9 Å². The Morgan fingerprint density at radius 3 is 2.53 bits per heavy atom. The van der Waals surface area contributed by atoms with Crippen molar-refractivity contribution in [3.05, 3.63) is 30.1 Å². The van der Waals surface area contributed by atoms with Gasteiger partial charge in [-0.3, -0.25) is 8.99 Å². The Morgan fingerprint density at radius 1 is 1.37 bits per heavy atom. The first-order valence-electron chi connectivity index (χ1n) is 5.54. The highest BCUT2D eigenvalue weighted by Crippen LogP contribution is 2.26. The largest absolute Gasteiger partial charge is 0.381 e. The molecule has 2 aromatic rings. The molecule has 2 aromatic heterocycles. The monoisotopic (exact) mass is 281 g/mol. The number of hydrogen-bond donors (Lipinski definition) is 1. The minimum Gasteiger partial charge on any atom is -0.381 e. The van der Waals surface area contributed by atoms with Gasteiger partial charge in [-0.1, -0.05) is 6.07 Å². The maximum atomic E-state index is 12.5. The molecule has 0 aliphatic carbocycles. The zero-order valence-electron chi connectivity index (χ0n) is 10.9. The van der Waals surface area contributed by atoms with E-state index >= 15 is 0 Å². The summed E-state index contributed by atoms with van der Waals surface area (Å²) in [4.78, 5) is 4.03. The topological polar surface area (TPSA) is 94.1 Å². The van der Waals surface area contributed by atoms with E-state index in [4.69, 9.17) is 5.73 Å². The number of aromatic nitrogens is 3. The quantitative estimate of drug-likeness (QED) is 0.885. The Kier molecular flexibility index (Phi) is 3.19. The van der Waals surface area contributed by atoms with Crippen molar-refractivity contribution in [3.8, 4) is 0 Å². The predicted molar refractivity (Wildman–Crippen MR) is 72.2 cm³/mol. The van der Waals surface area contributed by atoms with Gasteiger partial charge in [-0.15, -0.1) is 0 Å². The summed E-state index contributed by atoms with van der Waals surface area (Å²) in [7, 11) is -0.692. The maximum Gasteiger partial charge on any atom is 0.270 e. The summed E-state index contributed by atoms with van der Waals surface area (Å²) >= 11 is 0. The number of nitrogens with two attached hydrogens (primary N) is 1. The molecular weight excluding hydrogens is 266 g/mol. The number of pyridine rings is 1. The molecule has 2 rings (SSSR count). The predicted octanol–water partition coefficient (Wildman–Crippen LogP) is 0.531. The molecule has 0 saturated carbocycles. The second kappa shape index (κ2) is 4.54. The van der Waals surface area contributed by atoms with Crippen molar-refractivity contribution in [1.82, 2.24) is 14.8 Å². The van der Waals surface area contributed by atoms with Gasteiger partial charge >= 0.3 is 0 Å². The molecule has 0 bridgehead atoms. The van der Waals surface area contributed by atoms with E-state index in [9.17, 15) is 8.42 Å². The number of nitrogens with zero attached hydrogens (tertiary/aromatic N) is 4. The lowest BCUT2D eigenvalue weighted by Crippen LogP contribution is -2.28. The first-order chi connectivity index (χ1) is 8.85. The lowest BCUT2D eigenvalue weighted by Gasteiger charge is -2.18. The van der Waals surface area contributed by atoms with Crippen molar-refractivity contribution in [2.75, 3.05) is 17.1 Å². The molecule has 0 aliphatic rings. The lowest BCUT2D eigenvalue weighted by atomic mass is 10.5. The highest BCUT2D eigenvalue weighted by molar-refractivity contribution is 7.93. The van der Waals surface area contributed by atoms with Gasteiger partial charge in [0.15, 0.2) is 10.7 Å². The molecule has 19 heavy (non-hydrogen) atoms. The van der Waals surface area contributed by atoms with Crippen LogP contribution in [-0.4, -0.2) is 30.2 Å². The average molecular weight is 281 g/mol. The summed E-state index contributed by atoms with van der Waals surface area (Å²) in [6.45, 7) is 1.66.